The van der Waals surface area contributed by atoms with E-state index >= 15 is 4.39 Å². The fourth-order valence-corrected chi connectivity index (χ4v) is 11.2. The van der Waals surface area contributed by atoms with E-state index in [1.54, 1.807) is 37.3 Å². The maximum atomic E-state index is 15.7. The predicted molar refractivity (Wildman–Crippen MR) is 206 cm³/mol. The smallest absolute Gasteiger partial charge is 0.342 e. The fraction of sp³-hybridized carbons (Fsp3) is 0.179. The van der Waals surface area contributed by atoms with Gasteiger partial charge in [0.2, 0.25) is 0 Å². The normalized spacial score (nSPS) is 17.4. The molecule has 12 nitrogen and oxygen atoms in total. The lowest BCUT2D eigenvalue weighted by Gasteiger charge is -2.26. The number of fused-ring (bicyclic) bond motifs is 1. The molecule has 1 unspecified atom stereocenters. The van der Waals surface area contributed by atoms with E-state index in [4.69, 9.17) is 23.5 Å². The minimum atomic E-state index is -3.92. The van der Waals surface area contributed by atoms with E-state index in [1.165, 1.54) is 24.1 Å². The summed E-state index contributed by atoms with van der Waals surface area (Å²) >= 11 is 0. The maximum absolute atomic E-state index is 15.7. The fourth-order valence-electron chi connectivity index (χ4n) is 6.04. The molecule has 54 heavy (non-hydrogen) atoms. The third kappa shape index (κ3) is 7.82. The molecule has 3 heterocycles. The number of nitrogens with zero attached hydrogens (tertiary/aromatic N) is 5. The molecule has 276 valence electrons. The van der Waals surface area contributed by atoms with Crippen LogP contribution in [0.5, 0.6) is 5.75 Å². The molecule has 1 aliphatic rings. The van der Waals surface area contributed by atoms with Gasteiger partial charge in [0.05, 0.1) is 20.0 Å². The van der Waals surface area contributed by atoms with Crippen LogP contribution in [0.15, 0.2) is 151 Å². The Balaban J connectivity index is 1.20. The quantitative estimate of drug-likeness (QED) is 0.0900. The van der Waals surface area contributed by atoms with Gasteiger partial charge in [-0.15, -0.1) is 0 Å². The van der Waals surface area contributed by atoms with Crippen LogP contribution in [-0.2, 0) is 23.6 Å². The van der Waals surface area contributed by atoms with Crippen molar-refractivity contribution in [3.63, 3.8) is 0 Å². The number of esters is 1. The van der Waals surface area contributed by atoms with Crippen LogP contribution in [-0.4, -0.2) is 50.8 Å². The molecular weight excluding hydrogens is 729 g/mol. The van der Waals surface area contributed by atoms with E-state index < -0.39 is 51.3 Å². The first-order chi connectivity index (χ1) is 26.3. The second-order valence-electron chi connectivity index (χ2n) is 12.1. The highest BCUT2D eigenvalue weighted by Crippen LogP contribution is 2.50. The van der Waals surface area contributed by atoms with Gasteiger partial charge in [-0.25, -0.2) is 29.2 Å². The summed E-state index contributed by atoms with van der Waals surface area (Å²) in [6, 6.07) is 37.7. The molecule has 0 fully saturated rings. The summed E-state index contributed by atoms with van der Waals surface area (Å²) in [6.45, 7) is 3.31. The molecule has 7 rings (SSSR count). The first-order valence-electron chi connectivity index (χ1n) is 17.2. The molecule has 0 amide bonds. The van der Waals surface area contributed by atoms with Crippen LogP contribution >= 0.6 is 14.6 Å². The maximum Gasteiger partial charge on any atom is 0.342 e. The minimum absolute atomic E-state index is 0.144. The first-order valence-corrected chi connectivity index (χ1v) is 20.7. The molecule has 1 N–H and O–H groups in total. The lowest BCUT2D eigenvalue weighted by atomic mass is 10.3. The van der Waals surface area contributed by atoms with Crippen LogP contribution in [0.25, 0.3) is 11.2 Å². The zero-order valence-electron chi connectivity index (χ0n) is 29.4. The summed E-state index contributed by atoms with van der Waals surface area (Å²) in [5.74, 6) is -0.681. The molecule has 0 saturated carbocycles. The summed E-state index contributed by atoms with van der Waals surface area (Å²) in [5, 5.41) is 5.75. The van der Waals surface area contributed by atoms with Gasteiger partial charge in [-0.2, -0.15) is 0 Å². The number of carbonyl (C=O) groups is 1. The van der Waals surface area contributed by atoms with Gasteiger partial charge in [0.1, 0.15) is 18.1 Å². The van der Waals surface area contributed by atoms with Crippen molar-refractivity contribution in [3.05, 3.63) is 146 Å². The number of halogens is 1. The van der Waals surface area contributed by atoms with Crippen molar-refractivity contribution >= 4 is 53.4 Å². The minimum Gasteiger partial charge on any atom is -0.465 e. The number of carbonyl (C=O) groups excluding carboxylic acids is 1. The molecule has 0 aliphatic carbocycles. The number of hydrogen-bond acceptors (Lipinski definition) is 10. The number of ether oxygens (including phenoxy) is 3. The average molecular weight is 767 g/mol. The van der Waals surface area contributed by atoms with Crippen LogP contribution in [0.1, 0.15) is 20.1 Å². The Kier molecular flexibility index (Phi) is 11.2. The third-order valence-corrected chi connectivity index (χ3v) is 13.9. The largest absolute Gasteiger partial charge is 0.465 e. The SMILES string of the molecule is CCOC(=O)[C@H](C)NP(=O)(CO[C@@H]1C=C(F)[C@H](n2cnc3c(N=P(c4ccccc4)(c4ccccc4)c4ccccc4)ncnc32)O1)Oc1ccccc1. The molecule has 0 radical (unpaired) electrons. The summed E-state index contributed by atoms with van der Waals surface area (Å²) in [7, 11) is -6.64. The van der Waals surface area contributed by atoms with Crippen LogP contribution in [0.3, 0.4) is 0 Å². The molecule has 0 saturated heterocycles. The number of imidazole rings is 1. The summed E-state index contributed by atoms with van der Waals surface area (Å²) < 4.78 is 59.2. The monoisotopic (exact) mass is 766 g/mol. The van der Waals surface area contributed by atoms with E-state index in [2.05, 4.69) is 56.4 Å². The zero-order chi connectivity index (χ0) is 37.5. The van der Waals surface area contributed by atoms with Gasteiger partial charge in [0.15, 0.2) is 41.7 Å². The third-order valence-electron chi connectivity index (χ3n) is 8.46. The van der Waals surface area contributed by atoms with Crippen molar-refractivity contribution in [1.29, 1.82) is 0 Å². The van der Waals surface area contributed by atoms with E-state index in [-0.39, 0.29) is 18.0 Å². The van der Waals surface area contributed by atoms with Gasteiger partial charge in [-0.05, 0) is 26.0 Å². The summed E-state index contributed by atoms with van der Waals surface area (Å²) in [4.78, 5) is 26.0. The standard InChI is InChI=1S/C39H37FN6O6P2/c1-3-49-39(47)28(2)44-53(48,52-29-16-8-4-9-17-29)27-50-34-24-33(40)38(51-34)46-26-43-35-36(41-25-42-37(35)46)45-54(30-18-10-5-11-19-30,31-20-12-6-13-21-31)32-22-14-7-15-23-32/h4-26,28,34,38H,3,27H2,1-2H3,(H,44,48)/t28-,34-,38+,53?/m0/s1. The van der Waals surface area contributed by atoms with Crippen LogP contribution in [0.4, 0.5) is 10.2 Å². The van der Waals surface area contributed by atoms with Crippen molar-refractivity contribution in [3.8, 4) is 5.75 Å². The number of para-hydroxylation sites is 1. The van der Waals surface area contributed by atoms with Gasteiger partial charge < -0.3 is 18.7 Å². The van der Waals surface area contributed by atoms with Gasteiger partial charge >= 0.3 is 13.5 Å². The molecular formula is C39H37FN6O6P2. The van der Waals surface area contributed by atoms with Gasteiger partial charge in [0.25, 0.3) is 0 Å². The first kappa shape index (κ1) is 37.0. The van der Waals surface area contributed by atoms with Crippen LogP contribution in [0, 0.1) is 0 Å². The van der Waals surface area contributed by atoms with Gasteiger partial charge in [0, 0.05) is 22.0 Å². The number of nitrogens with one attached hydrogen (secondary N) is 1. The molecule has 2 aromatic heterocycles. The Labute approximate surface area is 311 Å². The number of rotatable bonds is 14. The predicted octanol–water partition coefficient (Wildman–Crippen LogP) is 7.13. The van der Waals surface area contributed by atoms with Crippen LogP contribution < -0.4 is 25.5 Å². The number of benzene rings is 4. The molecule has 0 spiro atoms. The number of aromatic nitrogens is 4. The van der Waals surface area contributed by atoms with E-state index in [1.807, 2.05) is 54.6 Å². The Bertz CT molecular complexity index is 2250. The molecule has 1 aliphatic heterocycles. The highest BCUT2D eigenvalue weighted by molar-refractivity contribution is 7.87. The molecule has 6 aromatic rings. The van der Waals surface area contributed by atoms with E-state index in [9.17, 15) is 9.36 Å². The lowest BCUT2D eigenvalue weighted by Crippen LogP contribution is -2.36. The van der Waals surface area contributed by atoms with E-state index in [0.717, 1.165) is 22.0 Å². The highest BCUT2D eigenvalue weighted by atomic mass is 31.2. The second-order valence-corrected chi connectivity index (χ2v) is 17.2. The topological polar surface area (TPSA) is 139 Å². The Morgan fingerprint density at radius 2 is 1.46 bits per heavy atom. The summed E-state index contributed by atoms with van der Waals surface area (Å²) in [6.07, 6.45) is 0.777. The van der Waals surface area contributed by atoms with Gasteiger partial charge in [-0.1, -0.05) is 109 Å². The second kappa shape index (κ2) is 16.4. The highest BCUT2D eigenvalue weighted by Gasteiger charge is 2.36. The van der Waals surface area contributed by atoms with Crippen molar-refractivity contribution in [2.24, 2.45) is 4.74 Å². The van der Waals surface area contributed by atoms with Crippen LogP contribution in [0.2, 0.25) is 0 Å². The molecule has 4 aromatic carbocycles. The lowest BCUT2D eigenvalue weighted by molar-refractivity contribution is -0.144. The van der Waals surface area contributed by atoms with Crippen molar-refractivity contribution in [1.82, 2.24) is 24.6 Å². The van der Waals surface area contributed by atoms with Gasteiger partial charge in [-0.3, -0.25) is 13.9 Å². The van der Waals surface area contributed by atoms with Crippen molar-refractivity contribution < 1.29 is 32.5 Å². The number of hydrogen-bond donors (Lipinski definition) is 1. The zero-order valence-corrected chi connectivity index (χ0v) is 31.2. The average Bonchev–Trinajstić information content (AvgIpc) is 3.81. The molecule has 0 bridgehead atoms. The van der Waals surface area contributed by atoms with E-state index in [0.29, 0.717) is 11.3 Å². The Morgan fingerprint density at radius 1 is 0.889 bits per heavy atom. The van der Waals surface area contributed by atoms with Crippen molar-refractivity contribution in [2.45, 2.75) is 32.4 Å². The Hall–Kier alpha value is -5.29. The molecule has 15 heteroatoms. The van der Waals surface area contributed by atoms with Crippen molar-refractivity contribution in [2.75, 3.05) is 13.0 Å². The summed E-state index contributed by atoms with van der Waals surface area (Å²) in [5.41, 5.74) is 0.636. The molecule has 4 atom stereocenters. The Morgan fingerprint density at radius 3 is 2.04 bits per heavy atom.